The minimum Gasteiger partial charge on any atom is -0.376 e. The maximum Gasteiger partial charge on any atom is 0.309 e. The number of hydrogen-bond acceptors (Lipinski definition) is 3. The van der Waals surface area contributed by atoms with Crippen LogP contribution in [-0.4, -0.2) is 37.1 Å². The van der Waals surface area contributed by atoms with Crippen LogP contribution in [0.3, 0.4) is 0 Å². The summed E-state index contributed by atoms with van der Waals surface area (Å²) in [5, 5.41) is 5.56. The van der Waals surface area contributed by atoms with Gasteiger partial charge in [0.15, 0.2) is 0 Å². The number of hydrogen-bond donors (Lipinski definition) is 2. The predicted octanol–water partition coefficient (Wildman–Crippen LogP) is 1.35. The first kappa shape index (κ1) is 16.0. The van der Waals surface area contributed by atoms with Crippen LogP contribution >= 0.6 is 0 Å². The molecule has 5 heteroatoms. The highest BCUT2D eigenvalue weighted by molar-refractivity contribution is 6.35. The van der Waals surface area contributed by atoms with Crippen molar-refractivity contribution >= 4 is 11.8 Å². The molecule has 1 saturated carbocycles. The molecule has 2 aliphatic carbocycles. The van der Waals surface area contributed by atoms with Crippen molar-refractivity contribution < 1.29 is 14.3 Å². The van der Waals surface area contributed by atoms with Crippen LogP contribution in [0.5, 0.6) is 0 Å². The molecule has 0 unspecified atom stereocenters. The van der Waals surface area contributed by atoms with Gasteiger partial charge < -0.3 is 15.4 Å². The number of amides is 2. The first-order valence-electron chi connectivity index (χ1n) is 8.32. The fraction of sp³-hybridized carbons (Fsp3) is 0.556. The average Bonchev–Trinajstić information content (AvgIpc) is 3.19. The van der Waals surface area contributed by atoms with Crippen molar-refractivity contribution in [2.75, 3.05) is 13.7 Å². The Bertz CT molecular complexity index is 569. The highest BCUT2D eigenvalue weighted by Crippen LogP contribution is 2.32. The van der Waals surface area contributed by atoms with Crippen molar-refractivity contribution in [3.63, 3.8) is 0 Å². The molecule has 124 valence electrons. The third-order valence-electron chi connectivity index (χ3n) is 5.04. The van der Waals surface area contributed by atoms with Gasteiger partial charge in [0.25, 0.3) is 0 Å². The summed E-state index contributed by atoms with van der Waals surface area (Å²) in [6, 6.07) is 8.35. The molecule has 23 heavy (non-hydrogen) atoms. The summed E-state index contributed by atoms with van der Waals surface area (Å²) in [5.74, 6) is -1.09. The summed E-state index contributed by atoms with van der Waals surface area (Å²) < 4.78 is 5.70. The molecule has 0 radical (unpaired) electrons. The van der Waals surface area contributed by atoms with E-state index in [0.29, 0.717) is 6.54 Å². The van der Waals surface area contributed by atoms with Gasteiger partial charge in [0.05, 0.1) is 5.60 Å². The molecule has 0 atom stereocenters. The molecule has 3 rings (SSSR count). The maximum absolute atomic E-state index is 12.0. The largest absolute Gasteiger partial charge is 0.376 e. The molecule has 0 heterocycles. The summed E-state index contributed by atoms with van der Waals surface area (Å²) in [6.07, 6.45) is 5.69. The molecule has 0 spiro atoms. The first-order chi connectivity index (χ1) is 11.1. The molecule has 1 aromatic carbocycles. The fourth-order valence-corrected chi connectivity index (χ4v) is 3.64. The standard InChI is InChI=1S/C18H24N2O3/c1-23-18(10-13-6-2-3-7-14(13)11-18)12-19-16(21)17(22)20-15-8-4-5-9-15/h2-3,6-7,15H,4-5,8-12H2,1H3,(H,19,21)(H,20,22). The number of carbonyl (C=O) groups is 2. The Morgan fingerprint density at radius 3 is 2.30 bits per heavy atom. The quantitative estimate of drug-likeness (QED) is 0.824. The number of fused-ring (bicyclic) bond motifs is 1. The van der Waals surface area contributed by atoms with Crippen LogP contribution in [0.25, 0.3) is 0 Å². The van der Waals surface area contributed by atoms with Crippen LogP contribution in [0.15, 0.2) is 24.3 Å². The lowest BCUT2D eigenvalue weighted by Gasteiger charge is -2.27. The zero-order valence-corrected chi connectivity index (χ0v) is 13.6. The van der Waals surface area contributed by atoms with Crippen molar-refractivity contribution in [1.29, 1.82) is 0 Å². The summed E-state index contributed by atoms with van der Waals surface area (Å²) in [4.78, 5) is 24.0. The summed E-state index contributed by atoms with van der Waals surface area (Å²) in [6.45, 7) is 0.342. The van der Waals surface area contributed by atoms with Gasteiger partial charge >= 0.3 is 11.8 Å². The Balaban J connectivity index is 1.54. The third kappa shape index (κ3) is 3.55. The van der Waals surface area contributed by atoms with Crippen LogP contribution in [0.4, 0.5) is 0 Å². The Kier molecular flexibility index (Phi) is 4.66. The van der Waals surface area contributed by atoms with Crippen molar-refractivity contribution in [1.82, 2.24) is 10.6 Å². The van der Waals surface area contributed by atoms with E-state index >= 15 is 0 Å². The second-order valence-corrected chi connectivity index (χ2v) is 6.65. The molecule has 0 saturated heterocycles. The van der Waals surface area contributed by atoms with Gasteiger partial charge in [0.1, 0.15) is 0 Å². The zero-order chi connectivity index (χ0) is 16.3. The first-order valence-corrected chi connectivity index (χ1v) is 8.32. The highest BCUT2D eigenvalue weighted by atomic mass is 16.5. The molecule has 2 N–H and O–H groups in total. The second kappa shape index (κ2) is 6.71. The molecule has 0 aromatic heterocycles. The smallest absolute Gasteiger partial charge is 0.309 e. The average molecular weight is 316 g/mol. The van der Waals surface area contributed by atoms with Gasteiger partial charge in [-0.05, 0) is 24.0 Å². The van der Waals surface area contributed by atoms with E-state index in [2.05, 4.69) is 22.8 Å². The number of methoxy groups -OCH3 is 1. The van der Waals surface area contributed by atoms with Gasteiger partial charge in [0, 0.05) is 32.5 Å². The molecular weight excluding hydrogens is 292 g/mol. The molecule has 0 bridgehead atoms. The van der Waals surface area contributed by atoms with Crippen molar-refractivity contribution in [2.24, 2.45) is 0 Å². The third-order valence-corrected chi connectivity index (χ3v) is 5.04. The van der Waals surface area contributed by atoms with Crippen molar-refractivity contribution in [2.45, 2.75) is 50.2 Å². The van der Waals surface area contributed by atoms with Crippen molar-refractivity contribution in [3.8, 4) is 0 Å². The topological polar surface area (TPSA) is 67.4 Å². The monoisotopic (exact) mass is 316 g/mol. The second-order valence-electron chi connectivity index (χ2n) is 6.65. The summed E-state index contributed by atoms with van der Waals surface area (Å²) in [7, 11) is 1.66. The summed E-state index contributed by atoms with van der Waals surface area (Å²) >= 11 is 0. The molecule has 2 amide bonds. The lowest BCUT2D eigenvalue weighted by Crippen LogP contribution is -2.50. The van der Waals surface area contributed by atoms with Crippen LogP contribution in [0.1, 0.15) is 36.8 Å². The molecular formula is C18H24N2O3. The van der Waals surface area contributed by atoms with E-state index in [1.54, 1.807) is 7.11 Å². The summed E-state index contributed by atoms with van der Waals surface area (Å²) in [5.41, 5.74) is 2.05. The Hall–Kier alpha value is -1.88. The van der Waals surface area contributed by atoms with Crippen LogP contribution in [0.2, 0.25) is 0 Å². The Morgan fingerprint density at radius 1 is 1.13 bits per heavy atom. The number of nitrogens with one attached hydrogen (secondary N) is 2. The number of benzene rings is 1. The maximum atomic E-state index is 12.0. The van der Waals surface area contributed by atoms with Gasteiger partial charge in [-0.25, -0.2) is 0 Å². The van der Waals surface area contributed by atoms with E-state index in [-0.39, 0.29) is 6.04 Å². The van der Waals surface area contributed by atoms with Crippen LogP contribution < -0.4 is 10.6 Å². The SMILES string of the molecule is COC1(CNC(=O)C(=O)NC2CCCC2)Cc2ccccc2C1. The van der Waals surface area contributed by atoms with Crippen LogP contribution in [0, 0.1) is 0 Å². The van der Waals surface area contributed by atoms with E-state index in [1.165, 1.54) is 11.1 Å². The predicted molar refractivity (Wildman–Crippen MR) is 87.0 cm³/mol. The van der Waals surface area contributed by atoms with E-state index in [9.17, 15) is 9.59 Å². The Morgan fingerprint density at radius 2 is 1.74 bits per heavy atom. The molecule has 5 nitrogen and oxygen atoms in total. The highest BCUT2D eigenvalue weighted by Gasteiger charge is 2.38. The number of rotatable bonds is 4. The van der Waals surface area contributed by atoms with E-state index in [0.717, 1.165) is 38.5 Å². The fourth-order valence-electron chi connectivity index (χ4n) is 3.64. The molecule has 1 fully saturated rings. The minimum absolute atomic E-state index is 0.153. The number of carbonyl (C=O) groups excluding carboxylic acids is 2. The van der Waals surface area contributed by atoms with Gasteiger partial charge in [0.2, 0.25) is 0 Å². The van der Waals surface area contributed by atoms with E-state index in [4.69, 9.17) is 4.74 Å². The van der Waals surface area contributed by atoms with Gasteiger partial charge in [-0.1, -0.05) is 37.1 Å². The normalized spacial score (nSPS) is 19.3. The minimum atomic E-state index is -0.565. The Labute approximate surface area is 136 Å². The lowest BCUT2D eigenvalue weighted by molar-refractivity contribution is -0.140. The van der Waals surface area contributed by atoms with Gasteiger partial charge in [-0.15, -0.1) is 0 Å². The van der Waals surface area contributed by atoms with Gasteiger partial charge in [-0.3, -0.25) is 9.59 Å². The molecule has 2 aliphatic rings. The van der Waals surface area contributed by atoms with Crippen molar-refractivity contribution in [3.05, 3.63) is 35.4 Å². The van der Waals surface area contributed by atoms with E-state index in [1.807, 2.05) is 12.1 Å². The van der Waals surface area contributed by atoms with Gasteiger partial charge in [-0.2, -0.15) is 0 Å². The molecule has 0 aliphatic heterocycles. The molecule has 1 aromatic rings. The zero-order valence-electron chi connectivity index (χ0n) is 13.6. The number of ether oxygens (including phenoxy) is 1. The van der Waals surface area contributed by atoms with Crippen LogP contribution in [-0.2, 0) is 27.2 Å². The lowest BCUT2D eigenvalue weighted by atomic mass is 10.00. The van der Waals surface area contributed by atoms with E-state index < -0.39 is 17.4 Å².